The molecule has 4 heterocycles. The molecule has 3 aliphatic rings. The number of hydrogen-bond donors (Lipinski definition) is 2. The van der Waals surface area contributed by atoms with E-state index in [1.54, 1.807) is 35.2 Å². The molecule has 2 saturated heterocycles. The van der Waals surface area contributed by atoms with Crippen LogP contribution in [-0.2, 0) is 14.3 Å². The van der Waals surface area contributed by atoms with Crippen LogP contribution in [0.2, 0.25) is 0 Å². The largest absolute Gasteiger partial charge is 0.444 e. The molecule has 0 bridgehead atoms. The number of nitrogens with zero attached hydrogens (tertiary/aromatic N) is 6. The van der Waals surface area contributed by atoms with E-state index >= 15 is 0 Å². The maximum Gasteiger partial charge on any atom is 0.410 e. The number of benzene rings is 1. The highest BCUT2D eigenvalue weighted by atomic mass is 19.3. The van der Waals surface area contributed by atoms with E-state index in [1.165, 1.54) is 4.57 Å². The fourth-order valence-corrected chi connectivity index (χ4v) is 6.55. The molecular formula is C33H44F2N8O4. The van der Waals surface area contributed by atoms with E-state index in [4.69, 9.17) is 19.4 Å². The maximum absolute atomic E-state index is 14.2. The number of likely N-dealkylation sites (tertiary alicyclic amines) is 1. The number of aromatic nitrogens is 4. The van der Waals surface area contributed by atoms with E-state index in [9.17, 15) is 18.4 Å². The Hall–Kier alpha value is -4.07. The van der Waals surface area contributed by atoms with E-state index in [0.717, 1.165) is 38.5 Å². The molecule has 2 N–H and O–H groups in total. The lowest BCUT2D eigenvalue weighted by molar-refractivity contribution is -0.127. The number of para-hydroxylation sites is 2. The number of carbonyl (C=O) groups excluding carboxylic acids is 2. The monoisotopic (exact) mass is 654 g/mol. The molecule has 1 saturated carbocycles. The highest BCUT2D eigenvalue weighted by molar-refractivity contribution is 5.80. The Labute approximate surface area is 273 Å². The number of imidazole rings is 1. The highest BCUT2D eigenvalue weighted by Gasteiger charge is 2.33. The number of rotatable bonds is 7. The number of morpholine rings is 1. The average molecular weight is 655 g/mol. The van der Waals surface area contributed by atoms with Gasteiger partial charge in [-0.15, -0.1) is 0 Å². The summed E-state index contributed by atoms with van der Waals surface area (Å²) >= 11 is 0. The van der Waals surface area contributed by atoms with Crippen LogP contribution in [0.25, 0.3) is 16.9 Å². The van der Waals surface area contributed by atoms with Gasteiger partial charge in [-0.2, -0.15) is 9.97 Å². The molecular weight excluding hydrogens is 610 g/mol. The van der Waals surface area contributed by atoms with Crippen molar-refractivity contribution in [1.82, 2.24) is 29.7 Å². The minimum absolute atomic E-state index is 0.0248. The second-order valence-corrected chi connectivity index (χ2v) is 13.6. The van der Waals surface area contributed by atoms with Gasteiger partial charge < -0.3 is 29.9 Å². The minimum atomic E-state index is -2.79. The Morgan fingerprint density at radius 3 is 2.38 bits per heavy atom. The Balaban J connectivity index is 1.12. The van der Waals surface area contributed by atoms with Crippen LogP contribution >= 0.6 is 0 Å². The van der Waals surface area contributed by atoms with E-state index in [2.05, 4.69) is 20.5 Å². The van der Waals surface area contributed by atoms with Crippen LogP contribution in [0.3, 0.4) is 0 Å². The number of piperidine rings is 1. The van der Waals surface area contributed by atoms with E-state index in [0.29, 0.717) is 68.0 Å². The number of fused-ring (bicyclic) bond motifs is 1. The number of hydrogen-bond acceptors (Lipinski definition) is 9. The van der Waals surface area contributed by atoms with Gasteiger partial charge in [0.15, 0.2) is 5.82 Å². The summed E-state index contributed by atoms with van der Waals surface area (Å²) < 4.78 is 40.9. The molecule has 47 heavy (non-hydrogen) atoms. The third-order valence-electron chi connectivity index (χ3n) is 8.90. The van der Waals surface area contributed by atoms with Gasteiger partial charge in [0.05, 0.1) is 30.2 Å². The van der Waals surface area contributed by atoms with Crippen molar-refractivity contribution in [2.45, 2.75) is 83.4 Å². The molecule has 0 radical (unpaired) electrons. The van der Waals surface area contributed by atoms with Gasteiger partial charge in [0.2, 0.25) is 11.9 Å². The van der Waals surface area contributed by atoms with Crippen LogP contribution in [0.15, 0.2) is 30.3 Å². The van der Waals surface area contributed by atoms with Crippen molar-refractivity contribution < 1.29 is 27.8 Å². The van der Waals surface area contributed by atoms with Crippen molar-refractivity contribution in [3.63, 3.8) is 0 Å². The fraction of sp³-hybridized carbons (Fsp3) is 0.606. The fourth-order valence-electron chi connectivity index (χ4n) is 6.55. The Bertz CT molecular complexity index is 1560. The minimum Gasteiger partial charge on any atom is -0.444 e. The van der Waals surface area contributed by atoms with Gasteiger partial charge in [0, 0.05) is 44.3 Å². The number of ether oxygens (including phenoxy) is 2. The first kappa shape index (κ1) is 32.9. The number of carbonyl (C=O) groups is 2. The number of anilines is 2. The zero-order valence-electron chi connectivity index (χ0n) is 27.3. The molecule has 254 valence electrons. The molecule has 6 rings (SSSR count). The van der Waals surface area contributed by atoms with Crippen molar-refractivity contribution in [1.29, 1.82) is 0 Å². The first-order valence-corrected chi connectivity index (χ1v) is 16.6. The summed E-state index contributed by atoms with van der Waals surface area (Å²) in [7, 11) is 0. The van der Waals surface area contributed by atoms with Crippen molar-refractivity contribution in [2.24, 2.45) is 5.92 Å². The molecule has 14 heteroatoms. The zero-order chi connectivity index (χ0) is 33.1. The number of alkyl halides is 2. The third-order valence-corrected chi connectivity index (χ3v) is 8.90. The topological polar surface area (TPSA) is 127 Å². The van der Waals surface area contributed by atoms with E-state index in [-0.39, 0.29) is 35.8 Å². The molecule has 1 aliphatic carbocycles. The van der Waals surface area contributed by atoms with E-state index < -0.39 is 12.0 Å². The summed E-state index contributed by atoms with van der Waals surface area (Å²) in [6, 6.07) is 8.84. The third kappa shape index (κ3) is 7.91. The standard InChI is InChI=1S/C33H44F2N8O4/c1-33(2,3)47-32(45)42-14-6-7-21(20-42)30(44)36-22-10-12-23(13-11-22)37-31-39-26(41-15-17-46-18-16-41)19-27(40-31)43-25-9-5-4-8-24(25)38-29(43)28(34)35/h4-5,8-9,19,21-23,28H,6-7,10-18,20H2,1-3H3,(H,36,44)(H,37,39,40)/t21-,22?,23?/m1/s1. The van der Waals surface area contributed by atoms with Gasteiger partial charge in [-0.3, -0.25) is 9.36 Å². The average Bonchev–Trinajstić information content (AvgIpc) is 3.46. The zero-order valence-corrected chi connectivity index (χ0v) is 27.3. The van der Waals surface area contributed by atoms with Crippen LogP contribution < -0.4 is 15.5 Å². The Morgan fingerprint density at radius 2 is 1.66 bits per heavy atom. The molecule has 12 nitrogen and oxygen atoms in total. The molecule has 2 aromatic heterocycles. The summed E-state index contributed by atoms with van der Waals surface area (Å²) in [5, 5.41) is 6.68. The molecule has 1 aromatic carbocycles. The lowest BCUT2D eigenvalue weighted by Gasteiger charge is -2.35. The molecule has 3 fully saturated rings. The normalized spacial score (nSPS) is 22.4. The van der Waals surface area contributed by atoms with Gasteiger partial charge >= 0.3 is 6.09 Å². The van der Waals surface area contributed by atoms with Crippen molar-refractivity contribution in [2.75, 3.05) is 49.6 Å². The molecule has 2 aliphatic heterocycles. The van der Waals surface area contributed by atoms with Gasteiger partial charge in [0.1, 0.15) is 17.2 Å². The Morgan fingerprint density at radius 1 is 0.957 bits per heavy atom. The second kappa shape index (κ2) is 14.0. The van der Waals surface area contributed by atoms with Crippen LogP contribution in [0.5, 0.6) is 0 Å². The quantitative estimate of drug-likeness (QED) is 0.359. The van der Waals surface area contributed by atoms with Crippen LogP contribution in [0, 0.1) is 5.92 Å². The van der Waals surface area contributed by atoms with Gasteiger partial charge in [-0.25, -0.2) is 18.6 Å². The van der Waals surface area contributed by atoms with Crippen LogP contribution in [-0.4, -0.2) is 93.5 Å². The number of nitrogens with one attached hydrogen (secondary N) is 2. The van der Waals surface area contributed by atoms with Crippen molar-refractivity contribution in [3.05, 3.63) is 36.2 Å². The maximum atomic E-state index is 14.2. The predicted octanol–water partition coefficient (Wildman–Crippen LogP) is 5.08. The smallest absolute Gasteiger partial charge is 0.410 e. The molecule has 3 aromatic rings. The summed E-state index contributed by atoms with van der Waals surface area (Å²) in [6.07, 6.45) is 1.41. The van der Waals surface area contributed by atoms with Crippen molar-refractivity contribution in [3.8, 4) is 5.82 Å². The van der Waals surface area contributed by atoms with Gasteiger partial charge in [0.25, 0.3) is 6.43 Å². The number of halogens is 2. The molecule has 1 atom stereocenters. The van der Waals surface area contributed by atoms with E-state index in [1.807, 2.05) is 20.8 Å². The molecule has 2 amide bonds. The number of amides is 2. The summed E-state index contributed by atoms with van der Waals surface area (Å²) in [5.74, 6) is 0.656. The SMILES string of the molecule is CC(C)(C)OC(=O)N1CCC[C@@H](C(=O)NC2CCC(Nc3nc(N4CCOCC4)cc(-n4c(C(F)F)nc5ccccc54)n3)CC2)C1. The first-order valence-electron chi connectivity index (χ1n) is 16.6. The lowest BCUT2D eigenvalue weighted by Crippen LogP contribution is -2.49. The molecule has 0 unspecified atom stereocenters. The van der Waals surface area contributed by atoms with Crippen molar-refractivity contribution >= 4 is 34.8 Å². The Kier molecular flexibility index (Phi) is 9.76. The summed E-state index contributed by atoms with van der Waals surface area (Å²) in [5.41, 5.74) is 0.427. The summed E-state index contributed by atoms with van der Waals surface area (Å²) in [4.78, 5) is 43.2. The second-order valence-electron chi connectivity index (χ2n) is 13.6. The summed E-state index contributed by atoms with van der Waals surface area (Å²) in [6.45, 7) is 8.81. The van der Waals surface area contributed by atoms with Gasteiger partial charge in [-0.1, -0.05) is 12.1 Å². The van der Waals surface area contributed by atoms with Crippen LogP contribution in [0.4, 0.5) is 25.3 Å². The molecule has 0 spiro atoms. The highest BCUT2D eigenvalue weighted by Crippen LogP contribution is 2.30. The lowest BCUT2D eigenvalue weighted by atomic mass is 9.90. The van der Waals surface area contributed by atoms with Crippen LogP contribution in [0.1, 0.15) is 71.5 Å². The predicted molar refractivity (Wildman–Crippen MR) is 173 cm³/mol. The first-order chi connectivity index (χ1) is 22.5. The van der Waals surface area contributed by atoms with Gasteiger partial charge in [-0.05, 0) is 71.4 Å².